The molecule has 4 heteroatoms. The van der Waals surface area contributed by atoms with Gasteiger partial charge in [0.15, 0.2) is 0 Å². The predicted octanol–water partition coefficient (Wildman–Crippen LogP) is 5.59. The highest BCUT2D eigenvalue weighted by atomic mass is 79.9. The molecular formula is C13H11BrClFS. The fourth-order valence-corrected chi connectivity index (χ4v) is 3.56. The number of rotatable bonds is 2. The SMILES string of the molecule is Cc1cc(C(Cl)c2cccc(C)c2F)sc1Br. The Bertz CT molecular complexity index is 531. The van der Waals surface area contributed by atoms with Crippen molar-refractivity contribution in [2.75, 3.05) is 0 Å². The van der Waals surface area contributed by atoms with E-state index in [-0.39, 0.29) is 5.82 Å². The number of benzene rings is 1. The summed E-state index contributed by atoms with van der Waals surface area (Å²) in [7, 11) is 0. The largest absolute Gasteiger partial charge is 0.206 e. The average molecular weight is 334 g/mol. The minimum Gasteiger partial charge on any atom is -0.206 e. The van der Waals surface area contributed by atoms with Crippen molar-refractivity contribution in [1.82, 2.24) is 0 Å². The minimum atomic E-state index is -0.426. The van der Waals surface area contributed by atoms with E-state index in [2.05, 4.69) is 15.9 Å². The first-order valence-electron chi connectivity index (χ1n) is 5.15. The Balaban J connectivity index is 2.43. The molecule has 1 aromatic carbocycles. The smallest absolute Gasteiger partial charge is 0.131 e. The zero-order valence-electron chi connectivity index (χ0n) is 9.43. The molecule has 0 spiro atoms. The van der Waals surface area contributed by atoms with Crippen molar-refractivity contribution >= 4 is 38.9 Å². The lowest BCUT2D eigenvalue weighted by atomic mass is 10.1. The van der Waals surface area contributed by atoms with Crippen molar-refractivity contribution in [3.8, 4) is 0 Å². The van der Waals surface area contributed by atoms with Crippen LogP contribution in [0.1, 0.15) is 26.9 Å². The Morgan fingerprint density at radius 2 is 2.00 bits per heavy atom. The van der Waals surface area contributed by atoms with E-state index in [0.29, 0.717) is 11.1 Å². The molecule has 2 rings (SSSR count). The van der Waals surface area contributed by atoms with Crippen LogP contribution in [0.5, 0.6) is 0 Å². The summed E-state index contributed by atoms with van der Waals surface area (Å²) in [5, 5.41) is -0.426. The van der Waals surface area contributed by atoms with Gasteiger partial charge in [0.2, 0.25) is 0 Å². The molecule has 0 radical (unpaired) electrons. The molecule has 1 aromatic heterocycles. The Morgan fingerprint density at radius 1 is 1.29 bits per heavy atom. The van der Waals surface area contributed by atoms with Gasteiger partial charge in [-0.15, -0.1) is 22.9 Å². The van der Waals surface area contributed by atoms with Crippen molar-refractivity contribution in [3.63, 3.8) is 0 Å². The second-order valence-electron chi connectivity index (χ2n) is 3.95. The maximum atomic E-state index is 14.0. The zero-order chi connectivity index (χ0) is 12.6. The lowest BCUT2D eigenvalue weighted by Gasteiger charge is -2.10. The summed E-state index contributed by atoms with van der Waals surface area (Å²) in [5.41, 5.74) is 2.30. The van der Waals surface area contributed by atoms with Crippen molar-refractivity contribution in [3.05, 3.63) is 55.4 Å². The van der Waals surface area contributed by atoms with Crippen LogP contribution in [0.25, 0.3) is 0 Å². The molecule has 17 heavy (non-hydrogen) atoms. The maximum Gasteiger partial charge on any atom is 0.131 e. The van der Waals surface area contributed by atoms with Gasteiger partial charge < -0.3 is 0 Å². The first-order valence-corrected chi connectivity index (χ1v) is 7.20. The van der Waals surface area contributed by atoms with E-state index >= 15 is 0 Å². The fourth-order valence-electron chi connectivity index (χ4n) is 1.63. The second kappa shape index (κ2) is 5.09. The zero-order valence-corrected chi connectivity index (χ0v) is 12.6. The summed E-state index contributed by atoms with van der Waals surface area (Å²) in [5.74, 6) is -0.213. The number of hydrogen-bond acceptors (Lipinski definition) is 1. The highest BCUT2D eigenvalue weighted by molar-refractivity contribution is 9.11. The van der Waals surface area contributed by atoms with E-state index in [1.807, 2.05) is 19.1 Å². The van der Waals surface area contributed by atoms with Crippen LogP contribution in [0.2, 0.25) is 0 Å². The molecule has 0 N–H and O–H groups in total. The third-order valence-corrected chi connectivity index (χ3v) is 5.42. The standard InChI is InChI=1S/C13H11BrClFS/c1-7-4-3-5-9(12(7)16)11(15)10-6-8(2)13(14)17-10/h3-6,11H,1-2H3. The first kappa shape index (κ1) is 13.1. The van der Waals surface area contributed by atoms with Gasteiger partial charge in [0.1, 0.15) is 5.82 Å². The normalized spacial score (nSPS) is 12.8. The summed E-state index contributed by atoms with van der Waals surface area (Å²) < 4.78 is 15.0. The van der Waals surface area contributed by atoms with E-state index < -0.39 is 5.38 Å². The van der Waals surface area contributed by atoms with Crippen molar-refractivity contribution in [1.29, 1.82) is 0 Å². The van der Waals surface area contributed by atoms with Crippen LogP contribution in [-0.4, -0.2) is 0 Å². The molecule has 90 valence electrons. The highest BCUT2D eigenvalue weighted by Gasteiger charge is 2.18. The van der Waals surface area contributed by atoms with Gasteiger partial charge in [0.25, 0.3) is 0 Å². The van der Waals surface area contributed by atoms with Crippen LogP contribution < -0.4 is 0 Å². The van der Waals surface area contributed by atoms with Gasteiger partial charge in [-0.05, 0) is 47.0 Å². The summed E-state index contributed by atoms with van der Waals surface area (Å²) in [6, 6.07) is 7.31. The molecular weight excluding hydrogens is 323 g/mol. The lowest BCUT2D eigenvalue weighted by molar-refractivity contribution is 0.603. The molecule has 1 heterocycles. The van der Waals surface area contributed by atoms with Crippen molar-refractivity contribution in [2.45, 2.75) is 19.2 Å². The van der Waals surface area contributed by atoms with E-state index in [1.54, 1.807) is 30.4 Å². The van der Waals surface area contributed by atoms with Gasteiger partial charge in [0.05, 0.1) is 9.16 Å². The summed E-state index contributed by atoms with van der Waals surface area (Å²) in [4.78, 5) is 0.959. The topological polar surface area (TPSA) is 0 Å². The number of thiophene rings is 1. The Morgan fingerprint density at radius 3 is 2.59 bits per heavy atom. The lowest BCUT2D eigenvalue weighted by Crippen LogP contribution is -1.96. The quantitative estimate of drug-likeness (QED) is 0.628. The van der Waals surface area contributed by atoms with E-state index in [0.717, 1.165) is 14.2 Å². The Kier molecular flexibility index (Phi) is 3.91. The number of alkyl halides is 1. The average Bonchev–Trinajstić information content (AvgIpc) is 2.62. The molecule has 0 saturated carbocycles. The molecule has 0 saturated heterocycles. The van der Waals surface area contributed by atoms with Crippen LogP contribution in [0.3, 0.4) is 0 Å². The number of halogens is 3. The van der Waals surface area contributed by atoms with Gasteiger partial charge in [-0.1, -0.05) is 18.2 Å². The second-order valence-corrected chi connectivity index (χ2v) is 6.78. The van der Waals surface area contributed by atoms with Gasteiger partial charge in [-0.2, -0.15) is 0 Å². The number of hydrogen-bond donors (Lipinski definition) is 0. The van der Waals surface area contributed by atoms with Crippen LogP contribution in [0.4, 0.5) is 4.39 Å². The van der Waals surface area contributed by atoms with Gasteiger partial charge in [0, 0.05) is 10.4 Å². The third kappa shape index (κ3) is 2.56. The van der Waals surface area contributed by atoms with E-state index in [9.17, 15) is 4.39 Å². The molecule has 0 aliphatic heterocycles. The molecule has 0 bridgehead atoms. The van der Waals surface area contributed by atoms with E-state index in [1.165, 1.54) is 0 Å². The van der Waals surface area contributed by atoms with Crippen molar-refractivity contribution < 1.29 is 4.39 Å². The molecule has 0 aliphatic carbocycles. The minimum absolute atomic E-state index is 0.213. The summed E-state index contributed by atoms with van der Waals surface area (Å²) in [6.07, 6.45) is 0. The van der Waals surface area contributed by atoms with Gasteiger partial charge >= 0.3 is 0 Å². The molecule has 0 nitrogen and oxygen atoms in total. The molecule has 0 aliphatic rings. The summed E-state index contributed by atoms with van der Waals surface area (Å²) >= 11 is 11.3. The molecule has 1 atom stereocenters. The Hall–Kier alpha value is -0.380. The molecule has 0 fully saturated rings. The van der Waals surface area contributed by atoms with Gasteiger partial charge in [-0.25, -0.2) is 4.39 Å². The maximum absolute atomic E-state index is 14.0. The molecule has 1 unspecified atom stereocenters. The molecule has 0 amide bonds. The van der Waals surface area contributed by atoms with Gasteiger partial charge in [-0.3, -0.25) is 0 Å². The van der Waals surface area contributed by atoms with Crippen LogP contribution in [0.15, 0.2) is 28.1 Å². The number of aryl methyl sites for hydroxylation is 2. The van der Waals surface area contributed by atoms with Crippen LogP contribution >= 0.6 is 38.9 Å². The first-order chi connectivity index (χ1) is 8.00. The van der Waals surface area contributed by atoms with Crippen molar-refractivity contribution in [2.24, 2.45) is 0 Å². The Labute approximate surface area is 118 Å². The third-order valence-electron chi connectivity index (χ3n) is 2.62. The monoisotopic (exact) mass is 332 g/mol. The van der Waals surface area contributed by atoms with Crippen LogP contribution in [0, 0.1) is 19.7 Å². The molecule has 2 aromatic rings. The summed E-state index contributed by atoms with van der Waals surface area (Å²) in [6.45, 7) is 3.75. The highest BCUT2D eigenvalue weighted by Crippen LogP contribution is 2.39. The fraction of sp³-hybridized carbons (Fsp3) is 0.231. The van der Waals surface area contributed by atoms with Crippen LogP contribution in [-0.2, 0) is 0 Å². The van der Waals surface area contributed by atoms with E-state index in [4.69, 9.17) is 11.6 Å². The predicted molar refractivity (Wildman–Crippen MR) is 75.6 cm³/mol.